The molecule has 0 unspecified atom stereocenters. The molecule has 3 rings (SSSR count). The molecule has 1 heterocycles. The number of hydrogen-bond donors (Lipinski definition) is 2. The number of benzene rings is 1. The highest BCUT2D eigenvalue weighted by atomic mass is 16.6. The zero-order chi connectivity index (χ0) is 20.4. The summed E-state index contributed by atoms with van der Waals surface area (Å²) in [5, 5.41) is 16.2. The van der Waals surface area contributed by atoms with Crippen molar-refractivity contribution in [2.24, 2.45) is 11.8 Å². The Bertz CT molecular complexity index is 818. The first-order valence-corrected chi connectivity index (χ1v) is 9.50. The predicted molar refractivity (Wildman–Crippen MR) is 102 cm³/mol. The van der Waals surface area contributed by atoms with Crippen LogP contribution in [0.1, 0.15) is 51.6 Å². The third-order valence-electron chi connectivity index (χ3n) is 5.75. The predicted octanol–water partition coefficient (Wildman–Crippen LogP) is 3.59. The second kappa shape index (κ2) is 8.00. The number of allylic oxidation sites excluding steroid dienone is 1. The summed E-state index contributed by atoms with van der Waals surface area (Å²) in [6.45, 7) is 6.02. The van der Waals surface area contributed by atoms with Crippen LogP contribution in [0.3, 0.4) is 0 Å². The fraction of sp³-hybridized carbons (Fsp3) is 0.500. The van der Waals surface area contributed by atoms with Gasteiger partial charge >= 0.3 is 12.0 Å². The van der Waals surface area contributed by atoms with Gasteiger partial charge in [-0.3, -0.25) is 10.1 Å². The molecule has 1 aromatic carbocycles. The Morgan fingerprint density at radius 2 is 1.86 bits per heavy atom. The van der Waals surface area contributed by atoms with Gasteiger partial charge in [0.2, 0.25) is 0 Å². The minimum absolute atomic E-state index is 0.0563. The summed E-state index contributed by atoms with van der Waals surface area (Å²) in [7, 11) is 0. The number of carbonyl (C=O) groups is 2. The molecular weight excluding hydrogens is 362 g/mol. The molecule has 28 heavy (non-hydrogen) atoms. The third kappa shape index (κ3) is 4.16. The summed E-state index contributed by atoms with van der Waals surface area (Å²) in [6.07, 6.45) is 2.51. The van der Waals surface area contributed by atoms with E-state index in [9.17, 15) is 19.7 Å². The minimum Gasteiger partial charge on any atom is -0.459 e. The van der Waals surface area contributed by atoms with Gasteiger partial charge < -0.3 is 15.4 Å². The average molecular weight is 387 g/mol. The molecule has 0 bridgehead atoms. The molecule has 4 atom stereocenters. The Morgan fingerprint density at radius 3 is 2.46 bits per heavy atom. The molecule has 1 saturated carbocycles. The van der Waals surface area contributed by atoms with Crippen LogP contribution >= 0.6 is 0 Å². The molecule has 0 radical (unpaired) electrons. The lowest BCUT2D eigenvalue weighted by molar-refractivity contribution is -0.384. The van der Waals surface area contributed by atoms with Crippen LogP contribution < -0.4 is 10.6 Å². The highest BCUT2D eigenvalue weighted by Gasteiger charge is 2.35. The van der Waals surface area contributed by atoms with Gasteiger partial charge in [0.1, 0.15) is 6.10 Å². The van der Waals surface area contributed by atoms with E-state index < -0.39 is 23.0 Å². The lowest BCUT2D eigenvalue weighted by Crippen LogP contribution is -2.45. The van der Waals surface area contributed by atoms with Crippen molar-refractivity contribution in [3.05, 3.63) is 51.2 Å². The van der Waals surface area contributed by atoms with E-state index >= 15 is 0 Å². The minimum atomic E-state index is -0.720. The molecule has 2 aliphatic rings. The van der Waals surface area contributed by atoms with E-state index in [1.165, 1.54) is 12.1 Å². The smallest absolute Gasteiger partial charge is 0.338 e. The molecule has 8 heteroatoms. The Hall–Kier alpha value is -2.90. The van der Waals surface area contributed by atoms with Gasteiger partial charge in [-0.05, 0) is 55.7 Å². The highest BCUT2D eigenvalue weighted by Crippen LogP contribution is 2.33. The number of urea groups is 1. The standard InChI is InChI=1S/C20H25N3O5/c1-11-4-9-16(10-12(11)2)28-19(24)17-13(3)21-20(25)22-18(17)14-5-7-15(8-6-14)23(26)27/h5-8,11-12,16,18H,4,9-10H2,1-3H3,(H2,21,22,25)/t11-,12-,16-,18+/m0/s1. The summed E-state index contributed by atoms with van der Waals surface area (Å²) >= 11 is 0. The number of nitro groups is 1. The fourth-order valence-electron chi connectivity index (χ4n) is 3.82. The first-order valence-electron chi connectivity index (χ1n) is 9.50. The Morgan fingerprint density at radius 1 is 1.18 bits per heavy atom. The molecule has 1 aromatic rings. The molecule has 0 saturated heterocycles. The number of non-ortho nitro benzene ring substituents is 1. The van der Waals surface area contributed by atoms with Crippen molar-refractivity contribution in [2.75, 3.05) is 0 Å². The van der Waals surface area contributed by atoms with Gasteiger partial charge in [0, 0.05) is 17.8 Å². The largest absolute Gasteiger partial charge is 0.459 e. The molecule has 1 aliphatic heterocycles. The zero-order valence-corrected chi connectivity index (χ0v) is 16.2. The topological polar surface area (TPSA) is 111 Å². The summed E-state index contributed by atoms with van der Waals surface area (Å²) in [4.78, 5) is 35.3. The SMILES string of the molecule is CC1=C(C(=O)O[C@H]2CC[C@H](C)[C@@H](C)C2)[C@@H](c2ccc([N+](=O)[O-])cc2)NC(=O)N1. The summed E-state index contributed by atoms with van der Waals surface area (Å²) < 4.78 is 5.77. The Balaban J connectivity index is 1.83. The number of amides is 2. The highest BCUT2D eigenvalue weighted by molar-refractivity contribution is 5.95. The van der Waals surface area contributed by atoms with Crippen LogP contribution in [0.2, 0.25) is 0 Å². The van der Waals surface area contributed by atoms with Crippen molar-refractivity contribution >= 4 is 17.7 Å². The third-order valence-corrected chi connectivity index (χ3v) is 5.75. The van der Waals surface area contributed by atoms with Crippen molar-refractivity contribution in [3.8, 4) is 0 Å². The van der Waals surface area contributed by atoms with Crippen molar-refractivity contribution in [3.63, 3.8) is 0 Å². The second-order valence-electron chi connectivity index (χ2n) is 7.71. The van der Waals surface area contributed by atoms with E-state index in [2.05, 4.69) is 24.5 Å². The number of nitro benzene ring substituents is 1. The van der Waals surface area contributed by atoms with Gasteiger partial charge in [-0.25, -0.2) is 9.59 Å². The van der Waals surface area contributed by atoms with E-state index in [0.29, 0.717) is 28.7 Å². The van der Waals surface area contributed by atoms with Crippen molar-refractivity contribution < 1.29 is 19.2 Å². The maximum Gasteiger partial charge on any atom is 0.338 e. The van der Waals surface area contributed by atoms with Crippen molar-refractivity contribution in [2.45, 2.75) is 52.2 Å². The van der Waals surface area contributed by atoms with Crippen LogP contribution in [-0.2, 0) is 9.53 Å². The number of hydrogen-bond acceptors (Lipinski definition) is 5. The lowest BCUT2D eigenvalue weighted by Gasteiger charge is -2.33. The Kier molecular flexibility index (Phi) is 5.67. The van der Waals surface area contributed by atoms with Gasteiger partial charge in [0.05, 0.1) is 16.5 Å². The van der Waals surface area contributed by atoms with Gasteiger partial charge in [0.25, 0.3) is 5.69 Å². The first-order chi connectivity index (χ1) is 13.3. The van der Waals surface area contributed by atoms with Crippen LogP contribution in [0.25, 0.3) is 0 Å². The summed E-state index contributed by atoms with van der Waals surface area (Å²) in [5.74, 6) is 0.621. The quantitative estimate of drug-likeness (QED) is 0.466. The van der Waals surface area contributed by atoms with Crippen LogP contribution in [0.5, 0.6) is 0 Å². The fourth-order valence-corrected chi connectivity index (χ4v) is 3.82. The number of rotatable bonds is 4. The number of esters is 1. The first kappa shape index (κ1) is 19.9. The van der Waals surface area contributed by atoms with Gasteiger partial charge in [0.15, 0.2) is 0 Å². The molecular formula is C20H25N3O5. The van der Waals surface area contributed by atoms with Crippen LogP contribution in [0, 0.1) is 22.0 Å². The summed E-state index contributed by atoms with van der Waals surface area (Å²) in [6, 6.07) is 4.64. The molecule has 8 nitrogen and oxygen atoms in total. The van der Waals surface area contributed by atoms with E-state index in [1.807, 2.05) is 0 Å². The second-order valence-corrected chi connectivity index (χ2v) is 7.71. The molecule has 1 fully saturated rings. The van der Waals surface area contributed by atoms with Crippen LogP contribution in [0.15, 0.2) is 35.5 Å². The normalized spacial score (nSPS) is 27.6. The molecule has 150 valence electrons. The van der Waals surface area contributed by atoms with E-state index in [4.69, 9.17) is 4.74 Å². The number of ether oxygens (including phenoxy) is 1. The number of nitrogens with zero attached hydrogens (tertiary/aromatic N) is 1. The van der Waals surface area contributed by atoms with Crippen LogP contribution in [-0.4, -0.2) is 23.0 Å². The summed E-state index contributed by atoms with van der Waals surface area (Å²) in [5.41, 5.74) is 1.27. The molecule has 0 aromatic heterocycles. The van der Waals surface area contributed by atoms with Crippen LogP contribution in [0.4, 0.5) is 10.5 Å². The molecule has 2 amide bonds. The molecule has 2 N–H and O–H groups in total. The lowest BCUT2D eigenvalue weighted by atomic mass is 9.80. The maximum absolute atomic E-state index is 13.0. The van der Waals surface area contributed by atoms with Gasteiger partial charge in [-0.15, -0.1) is 0 Å². The van der Waals surface area contributed by atoms with Crippen molar-refractivity contribution in [1.29, 1.82) is 0 Å². The Labute approximate surface area is 163 Å². The van der Waals surface area contributed by atoms with Gasteiger partial charge in [-0.1, -0.05) is 13.8 Å². The van der Waals surface area contributed by atoms with E-state index in [1.54, 1.807) is 19.1 Å². The molecule has 0 spiro atoms. The monoisotopic (exact) mass is 387 g/mol. The number of nitrogens with one attached hydrogen (secondary N) is 2. The van der Waals surface area contributed by atoms with Crippen molar-refractivity contribution in [1.82, 2.24) is 10.6 Å². The van der Waals surface area contributed by atoms with Gasteiger partial charge in [-0.2, -0.15) is 0 Å². The van der Waals surface area contributed by atoms with E-state index in [-0.39, 0.29) is 11.8 Å². The average Bonchev–Trinajstić information content (AvgIpc) is 2.64. The maximum atomic E-state index is 13.0. The zero-order valence-electron chi connectivity index (χ0n) is 16.2. The van der Waals surface area contributed by atoms with E-state index in [0.717, 1.165) is 19.3 Å². The molecule has 1 aliphatic carbocycles. The number of carbonyl (C=O) groups excluding carboxylic acids is 2.